The Morgan fingerprint density at radius 2 is 2.25 bits per heavy atom. The van der Waals surface area contributed by atoms with Gasteiger partial charge in [-0.05, 0) is 13.0 Å². The number of nitrogens with zero attached hydrogens (tertiary/aromatic N) is 1. The lowest BCUT2D eigenvalue weighted by atomic mass is 9.85. The quantitative estimate of drug-likeness (QED) is 0.826. The van der Waals surface area contributed by atoms with Crippen molar-refractivity contribution in [1.82, 2.24) is 10.3 Å². The first-order valence-electron chi connectivity index (χ1n) is 5.77. The lowest BCUT2D eigenvalue weighted by molar-refractivity contribution is -0.148. The molecule has 108 valence electrons. The molecule has 0 saturated carbocycles. The molecule has 1 aromatic heterocycles. The largest absolute Gasteiger partial charge is 0.481 e. The number of pyridine rings is 1. The van der Waals surface area contributed by atoms with E-state index in [0.717, 1.165) is 0 Å². The summed E-state index contributed by atoms with van der Waals surface area (Å²) in [5.74, 6) is -1.49. The number of aliphatic carboxylic acids is 1. The molecule has 1 aliphatic rings. The minimum Gasteiger partial charge on any atom is -0.481 e. The highest BCUT2D eigenvalue weighted by Crippen LogP contribution is 2.29. The molecule has 6 nitrogen and oxygen atoms in total. The van der Waals surface area contributed by atoms with Gasteiger partial charge in [0.2, 0.25) is 0 Å². The van der Waals surface area contributed by atoms with Crippen molar-refractivity contribution in [2.75, 3.05) is 13.2 Å². The van der Waals surface area contributed by atoms with Crippen LogP contribution in [0.3, 0.4) is 0 Å². The second-order valence-corrected chi connectivity index (χ2v) is 5.53. The first-order valence-corrected chi connectivity index (χ1v) is 6.53. The third-order valence-corrected chi connectivity index (χ3v) is 3.99. The van der Waals surface area contributed by atoms with Crippen molar-refractivity contribution in [3.63, 3.8) is 0 Å². The standard InChI is InChI=1S/C12H12Cl2N2O4/c1-12(11(18)19)5-20-4-8(12)16-10(17)6-2-7(13)9(14)15-3-6/h2-3,8H,4-5H2,1H3,(H,16,17)(H,18,19). The second kappa shape index (κ2) is 5.55. The zero-order chi connectivity index (χ0) is 14.9. The van der Waals surface area contributed by atoms with Crippen LogP contribution in [0.25, 0.3) is 0 Å². The van der Waals surface area contributed by atoms with E-state index in [9.17, 15) is 14.7 Å². The monoisotopic (exact) mass is 318 g/mol. The molecule has 0 spiro atoms. The molecule has 2 heterocycles. The molecular formula is C12H12Cl2N2O4. The van der Waals surface area contributed by atoms with Gasteiger partial charge in [0.15, 0.2) is 0 Å². The molecule has 1 saturated heterocycles. The molecule has 0 aliphatic carbocycles. The van der Waals surface area contributed by atoms with Gasteiger partial charge in [0.25, 0.3) is 5.91 Å². The molecule has 8 heteroatoms. The van der Waals surface area contributed by atoms with Crippen molar-refractivity contribution < 1.29 is 19.4 Å². The molecule has 0 bridgehead atoms. The van der Waals surface area contributed by atoms with Crippen molar-refractivity contribution in [3.8, 4) is 0 Å². The van der Waals surface area contributed by atoms with Crippen molar-refractivity contribution >= 4 is 35.1 Å². The van der Waals surface area contributed by atoms with Gasteiger partial charge >= 0.3 is 5.97 Å². The lowest BCUT2D eigenvalue weighted by Gasteiger charge is -2.25. The Balaban J connectivity index is 2.15. The van der Waals surface area contributed by atoms with Crippen LogP contribution in [0.15, 0.2) is 12.3 Å². The van der Waals surface area contributed by atoms with Crippen LogP contribution in [-0.4, -0.2) is 41.2 Å². The van der Waals surface area contributed by atoms with Crippen molar-refractivity contribution in [3.05, 3.63) is 28.0 Å². The third-order valence-electron chi connectivity index (χ3n) is 3.31. The van der Waals surface area contributed by atoms with Gasteiger partial charge < -0.3 is 15.2 Å². The summed E-state index contributed by atoms with van der Waals surface area (Å²) in [5, 5.41) is 12.1. The van der Waals surface area contributed by atoms with Gasteiger partial charge in [-0.3, -0.25) is 9.59 Å². The molecular weight excluding hydrogens is 307 g/mol. The van der Waals surface area contributed by atoms with Crippen LogP contribution in [0.2, 0.25) is 10.2 Å². The van der Waals surface area contributed by atoms with Crippen LogP contribution in [-0.2, 0) is 9.53 Å². The zero-order valence-electron chi connectivity index (χ0n) is 10.5. The van der Waals surface area contributed by atoms with Crippen LogP contribution in [0.5, 0.6) is 0 Å². The Morgan fingerprint density at radius 3 is 2.85 bits per heavy atom. The number of halogens is 2. The SMILES string of the molecule is CC1(C(=O)O)COCC1NC(=O)c1cnc(Cl)c(Cl)c1. The predicted octanol–water partition coefficient (Wildman–Crippen LogP) is 1.61. The summed E-state index contributed by atoms with van der Waals surface area (Å²) >= 11 is 11.5. The van der Waals surface area contributed by atoms with Crippen molar-refractivity contribution in [2.24, 2.45) is 5.41 Å². The van der Waals surface area contributed by atoms with Gasteiger partial charge in [-0.1, -0.05) is 23.2 Å². The van der Waals surface area contributed by atoms with Gasteiger partial charge in [-0.2, -0.15) is 0 Å². The normalized spacial score (nSPS) is 25.4. The number of carbonyl (C=O) groups excluding carboxylic acids is 1. The first-order chi connectivity index (χ1) is 9.34. The fourth-order valence-electron chi connectivity index (χ4n) is 1.87. The van der Waals surface area contributed by atoms with E-state index in [0.29, 0.717) is 0 Å². The topological polar surface area (TPSA) is 88.5 Å². The number of carboxylic acid groups (broad SMARTS) is 1. The summed E-state index contributed by atoms with van der Waals surface area (Å²) in [6, 6.07) is 0.752. The molecule has 0 radical (unpaired) electrons. The number of ether oxygens (including phenoxy) is 1. The maximum absolute atomic E-state index is 12.1. The van der Waals surface area contributed by atoms with Crippen LogP contribution < -0.4 is 5.32 Å². The minimum atomic E-state index is -1.15. The van der Waals surface area contributed by atoms with Gasteiger partial charge in [-0.25, -0.2) is 4.98 Å². The van der Waals surface area contributed by atoms with E-state index in [1.54, 1.807) is 0 Å². The molecule has 2 atom stereocenters. The molecule has 2 N–H and O–H groups in total. The minimum absolute atomic E-state index is 0.0485. The molecule has 20 heavy (non-hydrogen) atoms. The molecule has 2 rings (SSSR count). The van der Waals surface area contributed by atoms with E-state index in [-0.39, 0.29) is 29.0 Å². The summed E-state index contributed by atoms with van der Waals surface area (Å²) in [5.41, 5.74) is -0.946. The zero-order valence-corrected chi connectivity index (χ0v) is 12.0. The van der Waals surface area contributed by atoms with E-state index < -0.39 is 23.3 Å². The molecule has 1 aliphatic heterocycles. The van der Waals surface area contributed by atoms with E-state index in [4.69, 9.17) is 27.9 Å². The smallest absolute Gasteiger partial charge is 0.313 e. The molecule has 1 amide bonds. The third kappa shape index (κ3) is 2.72. The number of carboxylic acids is 1. The Morgan fingerprint density at radius 1 is 1.55 bits per heavy atom. The summed E-state index contributed by atoms with van der Waals surface area (Å²) < 4.78 is 5.16. The number of aromatic nitrogens is 1. The molecule has 1 aromatic rings. The van der Waals surface area contributed by atoms with Gasteiger partial charge in [0.1, 0.15) is 10.6 Å². The number of amides is 1. The van der Waals surface area contributed by atoms with Gasteiger partial charge in [0, 0.05) is 6.20 Å². The van der Waals surface area contributed by atoms with Gasteiger partial charge in [0.05, 0.1) is 29.8 Å². The Bertz CT molecular complexity index is 566. The maximum Gasteiger partial charge on any atom is 0.313 e. The van der Waals surface area contributed by atoms with Crippen LogP contribution >= 0.6 is 23.2 Å². The summed E-state index contributed by atoms with van der Waals surface area (Å²) in [4.78, 5) is 27.1. The Kier molecular flexibility index (Phi) is 4.17. The van der Waals surface area contributed by atoms with Crippen LogP contribution in [0.1, 0.15) is 17.3 Å². The molecule has 1 fully saturated rings. The number of hydrogen-bond donors (Lipinski definition) is 2. The van der Waals surface area contributed by atoms with E-state index in [1.165, 1.54) is 19.2 Å². The van der Waals surface area contributed by atoms with E-state index >= 15 is 0 Å². The fourth-order valence-corrected chi connectivity index (χ4v) is 2.14. The van der Waals surface area contributed by atoms with Crippen molar-refractivity contribution in [2.45, 2.75) is 13.0 Å². The van der Waals surface area contributed by atoms with E-state index in [2.05, 4.69) is 10.3 Å². The first kappa shape index (κ1) is 15.0. The van der Waals surface area contributed by atoms with Crippen LogP contribution in [0, 0.1) is 5.41 Å². The summed E-state index contributed by atoms with van der Waals surface area (Å²) in [7, 11) is 0. The predicted molar refractivity (Wildman–Crippen MR) is 72.1 cm³/mol. The van der Waals surface area contributed by atoms with Crippen molar-refractivity contribution in [1.29, 1.82) is 0 Å². The highest BCUT2D eigenvalue weighted by molar-refractivity contribution is 6.41. The van der Waals surface area contributed by atoms with Gasteiger partial charge in [-0.15, -0.1) is 0 Å². The number of hydrogen-bond acceptors (Lipinski definition) is 4. The maximum atomic E-state index is 12.1. The summed E-state index contributed by atoms with van der Waals surface area (Å²) in [6.07, 6.45) is 1.28. The summed E-state index contributed by atoms with van der Waals surface area (Å²) in [6.45, 7) is 1.72. The lowest BCUT2D eigenvalue weighted by Crippen LogP contribution is -2.49. The number of carbonyl (C=O) groups is 2. The second-order valence-electron chi connectivity index (χ2n) is 4.76. The Hall–Kier alpha value is -1.37. The molecule has 0 aromatic carbocycles. The van der Waals surface area contributed by atoms with E-state index in [1.807, 2.05) is 0 Å². The number of rotatable bonds is 3. The number of nitrogens with one attached hydrogen (secondary N) is 1. The van der Waals surface area contributed by atoms with Crippen LogP contribution in [0.4, 0.5) is 0 Å². The highest BCUT2D eigenvalue weighted by Gasteiger charge is 2.47. The Labute approximate surface area is 125 Å². The highest BCUT2D eigenvalue weighted by atomic mass is 35.5. The molecule has 2 unspecified atom stereocenters. The fraction of sp³-hybridized carbons (Fsp3) is 0.417. The average Bonchev–Trinajstić information content (AvgIpc) is 2.75. The average molecular weight is 319 g/mol.